The first-order valence-electron chi connectivity index (χ1n) is 6.76. The molecule has 1 amide bonds. The van der Waals surface area contributed by atoms with Gasteiger partial charge < -0.3 is 14.5 Å². The van der Waals surface area contributed by atoms with Crippen LogP contribution in [-0.4, -0.2) is 26.9 Å². The van der Waals surface area contributed by atoms with Gasteiger partial charge in [0.15, 0.2) is 0 Å². The summed E-state index contributed by atoms with van der Waals surface area (Å²) in [7, 11) is 0. The number of hydrogen-bond acceptors (Lipinski definition) is 2. The molecule has 1 atom stereocenters. The van der Waals surface area contributed by atoms with Crippen LogP contribution >= 0.6 is 11.3 Å². The topological polar surface area (TPSA) is 41.0 Å². The first-order valence-corrected chi connectivity index (χ1v) is 7.64. The van der Waals surface area contributed by atoms with Gasteiger partial charge in [0.2, 0.25) is 0 Å². The molecule has 0 unspecified atom stereocenters. The van der Waals surface area contributed by atoms with Crippen molar-refractivity contribution in [1.82, 2.24) is 14.5 Å². The number of rotatable bonds is 1. The molecule has 0 radical (unpaired) electrons. The number of fused-ring (bicyclic) bond motifs is 2. The van der Waals surface area contributed by atoms with Crippen LogP contribution in [0, 0.1) is 0 Å². The molecule has 0 aliphatic carbocycles. The Labute approximate surface area is 120 Å². The lowest BCUT2D eigenvalue weighted by molar-refractivity contribution is 0.0639. The second-order valence-corrected chi connectivity index (χ2v) is 6.13. The molecule has 4 rings (SSSR count). The highest BCUT2D eigenvalue weighted by Crippen LogP contribution is 2.28. The first-order chi connectivity index (χ1) is 9.74. The fourth-order valence-electron chi connectivity index (χ4n) is 2.97. The molecule has 4 nitrogen and oxygen atoms in total. The third-order valence-electron chi connectivity index (χ3n) is 4.07. The minimum absolute atomic E-state index is 0.0911. The highest BCUT2D eigenvalue weighted by atomic mass is 32.1. The van der Waals surface area contributed by atoms with E-state index in [1.165, 1.54) is 5.69 Å². The Balaban J connectivity index is 1.67. The number of H-pyrrole nitrogens is 1. The molecule has 1 aliphatic rings. The maximum Gasteiger partial charge on any atom is 0.270 e. The summed E-state index contributed by atoms with van der Waals surface area (Å²) in [5.41, 5.74) is 2.95. The number of carbonyl (C=O) groups is 1. The van der Waals surface area contributed by atoms with Crippen LogP contribution in [0.5, 0.6) is 0 Å². The molecular weight excluding hydrogens is 270 g/mol. The van der Waals surface area contributed by atoms with Crippen molar-refractivity contribution in [2.45, 2.75) is 19.5 Å². The standard InChI is InChI=1S/C15H15N3OS/c1-10-13-3-2-5-17(13)6-7-18(10)15(19)12-9-14-11(16-12)4-8-20-14/h2-5,8-10,16H,6-7H2,1H3/t10-/m1/s1. The number of amides is 1. The second kappa shape index (κ2) is 4.24. The van der Waals surface area contributed by atoms with E-state index in [1.54, 1.807) is 11.3 Å². The van der Waals surface area contributed by atoms with Crippen molar-refractivity contribution in [3.63, 3.8) is 0 Å². The van der Waals surface area contributed by atoms with E-state index in [0.29, 0.717) is 5.69 Å². The van der Waals surface area contributed by atoms with Crippen LogP contribution in [0.25, 0.3) is 10.2 Å². The van der Waals surface area contributed by atoms with Gasteiger partial charge in [0.05, 0.1) is 16.3 Å². The number of nitrogens with zero attached hydrogens (tertiary/aromatic N) is 2. The molecule has 20 heavy (non-hydrogen) atoms. The van der Waals surface area contributed by atoms with Gasteiger partial charge in [-0.25, -0.2) is 0 Å². The lowest BCUT2D eigenvalue weighted by Crippen LogP contribution is -2.40. The Kier molecular flexibility index (Phi) is 2.50. The number of thiophene rings is 1. The molecule has 3 aromatic rings. The quantitative estimate of drug-likeness (QED) is 0.732. The van der Waals surface area contributed by atoms with Crippen molar-refractivity contribution in [2.75, 3.05) is 6.54 Å². The molecule has 3 aromatic heterocycles. The number of aromatic amines is 1. The van der Waals surface area contributed by atoms with E-state index in [2.05, 4.69) is 28.7 Å². The molecule has 102 valence electrons. The van der Waals surface area contributed by atoms with Gasteiger partial charge in [0, 0.05) is 25.0 Å². The van der Waals surface area contributed by atoms with Crippen molar-refractivity contribution >= 4 is 27.5 Å². The van der Waals surface area contributed by atoms with Crippen molar-refractivity contribution in [2.24, 2.45) is 0 Å². The van der Waals surface area contributed by atoms with Gasteiger partial charge in [-0.3, -0.25) is 4.79 Å². The molecule has 0 saturated heterocycles. The average Bonchev–Trinajstić information content (AvgIpc) is 3.13. The van der Waals surface area contributed by atoms with Crippen LogP contribution in [0.3, 0.4) is 0 Å². The number of nitrogens with one attached hydrogen (secondary N) is 1. The highest BCUT2D eigenvalue weighted by molar-refractivity contribution is 7.17. The molecular formula is C15H15N3OS. The Morgan fingerprint density at radius 3 is 3.15 bits per heavy atom. The minimum atomic E-state index is 0.0911. The van der Waals surface area contributed by atoms with Crippen LogP contribution in [0.15, 0.2) is 35.8 Å². The lowest BCUT2D eigenvalue weighted by atomic mass is 10.1. The van der Waals surface area contributed by atoms with E-state index >= 15 is 0 Å². The second-order valence-electron chi connectivity index (χ2n) is 5.18. The van der Waals surface area contributed by atoms with Gasteiger partial charge in [-0.05, 0) is 36.6 Å². The summed E-state index contributed by atoms with van der Waals surface area (Å²) in [5.74, 6) is 0.0911. The summed E-state index contributed by atoms with van der Waals surface area (Å²) in [4.78, 5) is 17.9. The first kappa shape index (κ1) is 11.8. The van der Waals surface area contributed by atoms with Gasteiger partial charge in [-0.15, -0.1) is 11.3 Å². The summed E-state index contributed by atoms with van der Waals surface area (Å²) < 4.78 is 3.36. The highest BCUT2D eigenvalue weighted by Gasteiger charge is 2.28. The maximum absolute atomic E-state index is 12.7. The fraction of sp³-hybridized carbons (Fsp3) is 0.267. The lowest BCUT2D eigenvalue weighted by Gasteiger charge is -2.34. The van der Waals surface area contributed by atoms with E-state index in [4.69, 9.17) is 0 Å². The van der Waals surface area contributed by atoms with E-state index < -0.39 is 0 Å². The third kappa shape index (κ3) is 1.63. The molecule has 1 N–H and O–H groups in total. The van der Waals surface area contributed by atoms with Crippen LogP contribution in [0.2, 0.25) is 0 Å². The molecule has 0 aromatic carbocycles. The van der Waals surface area contributed by atoms with Gasteiger partial charge in [0.25, 0.3) is 5.91 Å². The van der Waals surface area contributed by atoms with Gasteiger partial charge >= 0.3 is 0 Å². The number of aromatic nitrogens is 2. The zero-order chi connectivity index (χ0) is 13.7. The van der Waals surface area contributed by atoms with Crippen LogP contribution in [-0.2, 0) is 6.54 Å². The average molecular weight is 285 g/mol. The smallest absolute Gasteiger partial charge is 0.270 e. The van der Waals surface area contributed by atoms with E-state index in [1.807, 2.05) is 28.5 Å². The monoisotopic (exact) mass is 285 g/mol. The summed E-state index contributed by atoms with van der Waals surface area (Å²) in [6.07, 6.45) is 2.08. The Hall–Kier alpha value is -2.01. The Morgan fingerprint density at radius 1 is 1.40 bits per heavy atom. The molecule has 4 heterocycles. The fourth-order valence-corrected chi connectivity index (χ4v) is 3.76. The Bertz CT molecular complexity index is 753. The van der Waals surface area contributed by atoms with Crippen molar-refractivity contribution in [1.29, 1.82) is 0 Å². The van der Waals surface area contributed by atoms with E-state index in [0.717, 1.165) is 23.3 Å². The zero-order valence-corrected chi connectivity index (χ0v) is 12.0. The van der Waals surface area contributed by atoms with Crippen LogP contribution in [0.1, 0.15) is 29.1 Å². The largest absolute Gasteiger partial charge is 0.350 e. The molecule has 5 heteroatoms. The predicted octanol–water partition coefficient (Wildman–Crippen LogP) is 3.25. The van der Waals surface area contributed by atoms with Crippen molar-refractivity contribution < 1.29 is 4.79 Å². The molecule has 1 aliphatic heterocycles. The van der Waals surface area contributed by atoms with E-state index in [9.17, 15) is 4.79 Å². The summed E-state index contributed by atoms with van der Waals surface area (Å²) in [5, 5.41) is 2.03. The van der Waals surface area contributed by atoms with Crippen LogP contribution in [0.4, 0.5) is 0 Å². The van der Waals surface area contributed by atoms with Gasteiger partial charge in [0.1, 0.15) is 5.69 Å². The normalized spacial score (nSPS) is 18.4. The predicted molar refractivity (Wildman–Crippen MR) is 80.1 cm³/mol. The Morgan fingerprint density at radius 2 is 2.30 bits per heavy atom. The third-order valence-corrected chi connectivity index (χ3v) is 4.94. The molecule has 0 spiro atoms. The van der Waals surface area contributed by atoms with Crippen LogP contribution < -0.4 is 0 Å². The summed E-state index contributed by atoms with van der Waals surface area (Å²) in [6.45, 7) is 3.72. The summed E-state index contributed by atoms with van der Waals surface area (Å²) >= 11 is 1.66. The van der Waals surface area contributed by atoms with E-state index in [-0.39, 0.29) is 11.9 Å². The van der Waals surface area contributed by atoms with Crippen molar-refractivity contribution in [3.8, 4) is 0 Å². The zero-order valence-electron chi connectivity index (χ0n) is 11.2. The molecule has 0 saturated carbocycles. The van der Waals surface area contributed by atoms with Crippen molar-refractivity contribution in [3.05, 3.63) is 47.2 Å². The van der Waals surface area contributed by atoms with Gasteiger partial charge in [-0.1, -0.05) is 0 Å². The SMILES string of the molecule is C[C@@H]1c2cccn2CCN1C(=O)c1cc2sccc2[nH]1. The molecule has 0 bridgehead atoms. The summed E-state index contributed by atoms with van der Waals surface area (Å²) in [6, 6.07) is 8.24. The number of carbonyl (C=O) groups excluding carboxylic acids is 1. The maximum atomic E-state index is 12.7. The molecule has 0 fully saturated rings. The van der Waals surface area contributed by atoms with Gasteiger partial charge in [-0.2, -0.15) is 0 Å². The minimum Gasteiger partial charge on any atom is -0.350 e. The number of hydrogen-bond donors (Lipinski definition) is 1.